The first-order valence-corrected chi connectivity index (χ1v) is 6.16. The number of nitrogens with one attached hydrogen (secondary N) is 1. The van der Waals surface area contributed by atoms with E-state index in [9.17, 15) is 13.2 Å². The summed E-state index contributed by atoms with van der Waals surface area (Å²) >= 11 is 0. The Morgan fingerprint density at radius 2 is 1.95 bits per heavy atom. The number of hydrogen-bond donors (Lipinski definition) is 3. The van der Waals surface area contributed by atoms with Crippen LogP contribution in [0.2, 0.25) is 0 Å². The van der Waals surface area contributed by atoms with Crippen LogP contribution in [0.25, 0.3) is 0 Å². The molecule has 0 aromatic heterocycles. The van der Waals surface area contributed by atoms with Gasteiger partial charge in [0.25, 0.3) is 0 Å². The third-order valence-electron chi connectivity index (χ3n) is 2.77. The first kappa shape index (κ1) is 16.3. The highest BCUT2D eigenvalue weighted by atomic mass is 19.4. The van der Waals surface area contributed by atoms with Crippen LogP contribution in [0.1, 0.15) is 31.4 Å². The van der Waals surface area contributed by atoms with Gasteiger partial charge in [0.15, 0.2) is 0 Å². The first-order valence-electron chi connectivity index (χ1n) is 6.16. The summed E-state index contributed by atoms with van der Waals surface area (Å²) in [6.07, 6.45) is -5.04. The van der Waals surface area contributed by atoms with Gasteiger partial charge in [0.1, 0.15) is 5.84 Å². The Balaban J connectivity index is 2.78. The zero-order valence-electron chi connectivity index (χ0n) is 11.1. The maximum Gasteiger partial charge on any atom is 0.390 e. The molecule has 20 heavy (non-hydrogen) atoms. The van der Waals surface area contributed by atoms with Crippen LogP contribution in [0.15, 0.2) is 35.5 Å². The topological polar surface area (TPSA) is 70.6 Å². The lowest BCUT2D eigenvalue weighted by atomic mass is 10.0. The molecule has 2 unspecified atom stereocenters. The molecule has 112 valence electrons. The highest BCUT2D eigenvalue weighted by Crippen LogP contribution is 2.24. The molecule has 0 radical (unpaired) electrons. The molecule has 0 aliphatic heterocycles. The Morgan fingerprint density at radius 1 is 1.35 bits per heavy atom. The van der Waals surface area contributed by atoms with Crippen LogP contribution in [0, 0.1) is 0 Å². The van der Waals surface area contributed by atoms with E-state index in [0.717, 1.165) is 5.56 Å². The molecule has 0 fully saturated rings. The highest BCUT2D eigenvalue weighted by Gasteiger charge is 2.31. The Labute approximate surface area is 115 Å². The maximum atomic E-state index is 12.4. The zero-order valence-corrected chi connectivity index (χ0v) is 11.1. The molecule has 0 saturated heterocycles. The molecule has 4 N–H and O–H groups in total. The monoisotopic (exact) mass is 289 g/mol. The van der Waals surface area contributed by atoms with Gasteiger partial charge in [-0.3, -0.25) is 0 Å². The van der Waals surface area contributed by atoms with Gasteiger partial charge in [-0.2, -0.15) is 13.2 Å². The van der Waals surface area contributed by atoms with Crippen LogP contribution in [0.3, 0.4) is 0 Å². The van der Waals surface area contributed by atoms with Crippen molar-refractivity contribution >= 4 is 5.84 Å². The van der Waals surface area contributed by atoms with E-state index in [1.807, 2.05) is 6.07 Å². The lowest BCUT2D eigenvalue weighted by Gasteiger charge is -2.24. The minimum atomic E-state index is -4.23. The molecule has 1 aromatic rings. The Morgan fingerprint density at radius 3 is 2.45 bits per heavy atom. The smallest absolute Gasteiger partial charge is 0.390 e. The van der Waals surface area contributed by atoms with Crippen LogP contribution in [0.4, 0.5) is 13.2 Å². The number of nitrogens with zero attached hydrogens (tertiary/aromatic N) is 1. The standard InChI is InChI=1S/C13H18F3N3O/c1-9(8-13(14,15)16)18-11(7-12(17)19-20)10-5-3-2-4-6-10/h2-6,9,11,18,20H,7-8H2,1H3,(H2,17,19). The largest absolute Gasteiger partial charge is 0.409 e. The number of nitrogens with two attached hydrogens (primary N) is 1. The lowest BCUT2D eigenvalue weighted by molar-refractivity contribution is -0.139. The summed E-state index contributed by atoms with van der Waals surface area (Å²) in [5.74, 6) is -0.0365. The second-order valence-corrected chi connectivity index (χ2v) is 4.65. The molecule has 2 atom stereocenters. The molecular weight excluding hydrogens is 271 g/mol. The van der Waals surface area contributed by atoms with Crippen molar-refractivity contribution in [3.63, 3.8) is 0 Å². The molecule has 1 aromatic carbocycles. The summed E-state index contributed by atoms with van der Waals surface area (Å²) < 4.78 is 37.1. The third-order valence-corrected chi connectivity index (χ3v) is 2.77. The van der Waals surface area contributed by atoms with Gasteiger partial charge in [0.2, 0.25) is 0 Å². The average molecular weight is 289 g/mol. The van der Waals surface area contributed by atoms with Gasteiger partial charge in [0, 0.05) is 18.5 Å². The SMILES string of the molecule is CC(CC(F)(F)F)NC(C/C(N)=N/O)c1ccccc1. The van der Waals surface area contributed by atoms with Crippen LogP contribution in [0.5, 0.6) is 0 Å². The molecule has 0 bridgehead atoms. The van der Waals surface area contributed by atoms with E-state index in [-0.39, 0.29) is 12.3 Å². The fourth-order valence-corrected chi connectivity index (χ4v) is 1.96. The number of rotatable bonds is 6. The van der Waals surface area contributed by atoms with Crippen LogP contribution < -0.4 is 11.1 Å². The number of benzene rings is 1. The second kappa shape index (κ2) is 7.14. The summed E-state index contributed by atoms with van der Waals surface area (Å²) in [5.41, 5.74) is 6.24. The molecule has 1 rings (SSSR count). The summed E-state index contributed by atoms with van der Waals surface area (Å²) in [6.45, 7) is 1.45. The Bertz CT molecular complexity index is 434. The summed E-state index contributed by atoms with van der Waals surface area (Å²) in [5, 5.41) is 14.3. The molecule has 0 aliphatic carbocycles. The first-order chi connectivity index (χ1) is 9.31. The van der Waals surface area contributed by atoms with Crippen LogP contribution in [-0.4, -0.2) is 23.3 Å². The molecule has 0 aliphatic rings. The normalized spacial score (nSPS) is 15.9. The molecule has 7 heteroatoms. The van der Waals surface area contributed by atoms with Gasteiger partial charge >= 0.3 is 6.18 Å². The minimum absolute atomic E-state index is 0.0365. The second-order valence-electron chi connectivity index (χ2n) is 4.65. The lowest BCUT2D eigenvalue weighted by Crippen LogP contribution is -2.36. The maximum absolute atomic E-state index is 12.4. The van der Waals surface area contributed by atoms with Crippen molar-refractivity contribution in [2.45, 2.75) is 38.0 Å². The molecule has 4 nitrogen and oxygen atoms in total. The fourth-order valence-electron chi connectivity index (χ4n) is 1.96. The van der Waals surface area contributed by atoms with E-state index in [0.29, 0.717) is 0 Å². The minimum Gasteiger partial charge on any atom is -0.409 e. The van der Waals surface area contributed by atoms with Crippen molar-refractivity contribution in [3.05, 3.63) is 35.9 Å². The van der Waals surface area contributed by atoms with Crippen LogP contribution >= 0.6 is 0 Å². The predicted octanol–water partition coefficient (Wildman–Crippen LogP) is 2.79. The van der Waals surface area contributed by atoms with Gasteiger partial charge < -0.3 is 16.3 Å². The molecule has 0 saturated carbocycles. The van der Waals surface area contributed by atoms with E-state index in [4.69, 9.17) is 10.9 Å². The number of halogens is 3. The van der Waals surface area contributed by atoms with Crippen LogP contribution in [-0.2, 0) is 0 Å². The van der Waals surface area contributed by atoms with Crippen molar-refractivity contribution in [3.8, 4) is 0 Å². The van der Waals surface area contributed by atoms with Crippen molar-refractivity contribution in [2.75, 3.05) is 0 Å². The summed E-state index contributed by atoms with van der Waals surface area (Å²) in [4.78, 5) is 0. The summed E-state index contributed by atoms with van der Waals surface area (Å²) in [6, 6.07) is 7.72. The van der Waals surface area contributed by atoms with E-state index < -0.39 is 24.7 Å². The number of oxime groups is 1. The summed E-state index contributed by atoms with van der Waals surface area (Å²) in [7, 11) is 0. The average Bonchev–Trinajstić information content (AvgIpc) is 2.36. The Hall–Kier alpha value is -1.76. The van der Waals surface area contributed by atoms with Gasteiger partial charge in [-0.05, 0) is 12.5 Å². The Kier molecular flexibility index (Phi) is 5.82. The van der Waals surface area contributed by atoms with Gasteiger partial charge in [-0.15, -0.1) is 0 Å². The van der Waals surface area contributed by atoms with Crippen molar-refractivity contribution < 1.29 is 18.4 Å². The zero-order chi connectivity index (χ0) is 15.2. The molecule has 0 amide bonds. The van der Waals surface area contributed by atoms with Gasteiger partial charge in [-0.1, -0.05) is 35.5 Å². The van der Waals surface area contributed by atoms with Crippen molar-refractivity contribution in [1.82, 2.24) is 5.32 Å². The molecule has 0 heterocycles. The van der Waals surface area contributed by atoms with E-state index in [1.165, 1.54) is 6.92 Å². The van der Waals surface area contributed by atoms with E-state index in [2.05, 4.69) is 10.5 Å². The fraction of sp³-hybridized carbons (Fsp3) is 0.462. The van der Waals surface area contributed by atoms with E-state index >= 15 is 0 Å². The number of alkyl halides is 3. The van der Waals surface area contributed by atoms with Crippen molar-refractivity contribution in [1.29, 1.82) is 0 Å². The van der Waals surface area contributed by atoms with Gasteiger partial charge in [0.05, 0.1) is 6.42 Å². The third kappa shape index (κ3) is 5.92. The van der Waals surface area contributed by atoms with E-state index in [1.54, 1.807) is 24.3 Å². The number of amidine groups is 1. The molecular formula is C13H18F3N3O. The highest BCUT2D eigenvalue weighted by molar-refractivity contribution is 5.80. The molecule has 0 spiro atoms. The number of hydrogen-bond acceptors (Lipinski definition) is 3. The van der Waals surface area contributed by atoms with Gasteiger partial charge in [-0.25, -0.2) is 0 Å². The van der Waals surface area contributed by atoms with Crippen molar-refractivity contribution in [2.24, 2.45) is 10.9 Å². The predicted molar refractivity (Wildman–Crippen MR) is 70.5 cm³/mol. The quantitative estimate of drug-likeness (QED) is 0.326.